The highest BCUT2D eigenvalue weighted by atomic mass is 15.2. The van der Waals surface area contributed by atoms with Gasteiger partial charge < -0.3 is 9.80 Å². The summed E-state index contributed by atoms with van der Waals surface area (Å²) in [5, 5.41) is 0. The van der Waals surface area contributed by atoms with Gasteiger partial charge in [0.1, 0.15) is 0 Å². The van der Waals surface area contributed by atoms with Crippen LogP contribution in [0.1, 0.15) is 12.8 Å². The molecule has 15 heavy (non-hydrogen) atoms. The second kappa shape index (κ2) is 2.98. The Morgan fingerprint density at radius 2 is 1.73 bits per heavy atom. The molecule has 2 aliphatic heterocycles. The Morgan fingerprint density at radius 3 is 2.53 bits per heavy atom. The average Bonchev–Trinajstić information content (AvgIpc) is 3.06. The Hall–Kier alpha value is -0.0800. The summed E-state index contributed by atoms with van der Waals surface area (Å²) in [4.78, 5) is 5.33. The van der Waals surface area contributed by atoms with E-state index in [2.05, 4.69) is 16.8 Å². The molecule has 5 unspecified atom stereocenters. The highest BCUT2D eigenvalue weighted by Crippen LogP contribution is 2.50. The van der Waals surface area contributed by atoms with Gasteiger partial charge in [-0.05, 0) is 49.5 Å². The molecule has 0 bridgehead atoms. The third kappa shape index (κ3) is 1.53. The van der Waals surface area contributed by atoms with Gasteiger partial charge in [-0.25, -0.2) is 0 Å². The molecule has 2 aliphatic carbocycles. The van der Waals surface area contributed by atoms with E-state index < -0.39 is 0 Å². The van der Waals surface area contributed by atoms with Crippen molar-refractivity contribution < 1.29 is 0 Å². The fourth-order valence-corrected chi connectivity index (χ4v) is 4.24. The van der Waals surface area contributed by atoms with E-state index in [1.54, 1.807) is 6.42 Å². The van der Waals surface area contributed by atoms with E-state index >= 15 is 0 Å². The lowest BCUT2D eigenvalue weighted by Crippen LogP contribution is -2.40. The lowest BCUT2D eigenvalue weighted by atomic mass is 9.97. The minimum atomic E-state index is 1.01. The molecule has 4 aliphatic rings. The van der Waals surface area contributed by atoms with Gasteiger partial charge in [-0.1, -0.05) is 0 Å². The van der Waals surface area contributed by atoms with Crippen molar-refractivity contribution in [2.24, 2.45) is 29.6 Å². The molecule has 0 N–H and O–H groups in total. The maximum Gasteiger partial charge on any atom is 0.00249 e. The molecular formula is C13H22N2. The van der Waals surface area contributed by atoms with E-state index in [9.17, 15) is 0 Å². The predicted molar refractivity (Wildman–Crippen MR) is 60.6 cm³/mol. The van der Waals surface area contributed by atoms with E-state index in [4.69, 9.17) is 0 Å². The van der Waals surface area contributed by atoms with Crippen LogP contribution in [0.25, 0.3) is 0 Å². The summed E-state index contributed by atoms with van der Waals surface area (Å²) in [6.07, 6.45) is 3.09. The fourth-order valence-electron chi connectivity index (χ4n) is 4.24. The molecule has 0 radical (unpaired) electrons. The van der Waals surface area contributed by atoms with Crippen molar-refractivity contribution in [1.29, 1.82) is 0 Å². The molecule has 0 aromatic heterocycles. The van der Waals surface area contributed by atoms with E-state index in [1.807, 2.05) is 0 Å². The van der Waals surface area contributed by atoms with E-state index in [0.717, 1.165) is 29.6 Å². The second-order valence-electron chi connectivity index (χ2n) is 6.62. The van der Waals surface area contributed by atoms with Crippen LogP contribution >= 0.6 is 0 Å². The molecule has 2 nitrogen and oxygen atoms in total. The van der Waals surface area contributed by atoms with E-state index in [0.29, 0.717) is 0 Å². The Balaban J connectivity index is 1.37. The first kappa shape index (κ1) is 9.00. The highest BCUT2D eigenvalue weighted by molar-refractivity contribution is 5.01. The number of piperidine rings is 2. The largest absolute Gasteiger partial charge is 0.306 e. The summed E-state index contributed by atoms with van der Waals surface area (Å²) in [5.74, 6) is 5.41. The van der Waals surface area contributed by atoms with Gasteiger partial charge in [0.2, 0.25) is 0 Å². The topological polar surface area (TPSA) is 6.48 Å². The molecule has 4 fully saturated rings. The zero-order chi connectivity index (χ0) is 9.99. The van der Waals surface area contributed by atoms with Crippen molar-refractivity contribution >= 4 is 0 Å². The minimum absolute atomic E-state index is 1.01. The molecule has 2 saturated heterocycles. The standard InChI is InChI=1S/C13H22N2/c1-14-4-11-3-13(11)12(5-14)8-15-6-9-2-10(9)7-15/h9-13H,2-8H2,1H3. The zero-order valence-electron chi connectivity index (χ0n) is 9.73. The number of hydrogen-bond donors (Lipinski definition) is 0. The number of nitrogens with zero attached hydrogens (tertiary/aromatic N) is 2. The maximum absolute atomic E-state index is 2.76. The quantitative estimate of drug-likeness (QED) is 0.668. The molecule has 4 rings (SSSR count). The van der Waals surface area contributed by atoms with Crippen LogP contribution in [0.4, 0.5) is 0 Å². The van der Waals surface area contributed by atoms with Crippen LogP contribution in [0.5, 0.6) is 0 Å². The number of hydrogen-bond acceptors (Lipinski definition) is 2. The minimum Gasteiger partial charge on any atom is -0.306 e. The van der Waals surface area contributed by atoms with E-state index in [-0.39, 0.29) is 0 Å². The monoisotopic (exact) mass is 206 g/mol. The summed E-state index contributed by atoms with van der Waals surface area (Å²) < 4.78 is 0. The van der Waals surface area contributed by atoms with Gasteiger partial charge in [0.25, 0.3) is 0 Å². The first-order valence-electron chi connectivity index (χ1n) is 6.70. The molecule has 2 heteroatoms. The van der Waals surface area contributed by atoms with Crippen LogP contribution in [0.3, 0.4) is 0 Å². The lowest BCUT2D eigenvalue weighted by molar-refractivity contribution is 0.150. The third-order valence-corrected chi connectivity index (χ3v) is 5.22. The molecule has 0 spiro atoms. The summed E-state index contributed by atoms with van der Waals surface area (Å²) in [6, 6.07) is 0. The van der Waals surface area contributed by atoms with E-state index in [1.165, 1.54) is 39.1 Å². The van der Waals surface area contributed by atoms with Gasteiger partial charge in [0, 0.05) is 32.7 Å². The van der Waals surface area contributed by atoms with Crippen molar-refractivity contribution in [3.05, 3.63) is 0 Å². The first-order chi connectivity index (χ1) is 7.29. The van der Waals surface area contributed by atoms with Crippen molar-refractivity contribution in [3.8, 4) is 0 Å². The molecule has 2 heterocycles. The van der Waals surface area contributed by atoms with Crippen molar-refractivity contribution in [1.82, 2.24) is 9.80 Å². The Labute approximate surface area is 92.6 Å². The van der Waals surface area contributed by atoms with Crippen molar-refractivity contribution in [2.45, 2.75) is 12.8 Å². The van der Waals surface area contributed by atoms with Gasteiger partial charge >= 0.3 is 0 Å². The summed E-state index contributed by atoms with van der Waals surface area (Å²) in [5.41, 5.74) is 0. The molecule has 0 amide bonds. The van der Waals surface area contributed by atoms with Gasteiger partial charge in [-0.3, -0.25) is 0 Å². The smallest absolute Gasteiger partial charge is 0.00249 e. The van der Waals surface area contributed by atoms with Gasteiger partial charge in [-0.2, -0.15) is 0 Å². The van der Waals surface area contributed by atoms with Gasteiger partial charge in [0.05, 0.1) is 0 Å². The van der Waals surface area contributed by atoms with Crippen LogP contribution < -0.4 is 0 Å². The van der Waals surface area contributed by atoms with Crippen molar-refractivity contribution in [2.75, 3.05) is 39.8 Å². The number of likely N-dealkylation sites (tertiary alicyclic amines) is 2. The molecular weight excluding hydrogens is 184 g/mol. The Bertz CT molecular complexity index is 268. The molecule has 84 valence electrons. The summed E-state index contributed by atoms with van der Waals surface area (Å²) >= 11 is 0. The Kier molecular flexibility index (Phi) is 1.79. The average molecular weight is 206 g/mol. The van der Waals surface area contributed by atoms with Crippen LogP contribution in [-0.2, 0) is 0 Å². The summed E-state index contributed by atoms with van der Waals surface area (Å²) in [7, 11) is 2.31. The van der Waals surface area contributed by atoms with Gasteiger partial charge in [0.15, 0.2) is 0 Å². The lowest BCUT2D eigenvalue weighted by Gasteiger charge is -2.32. The maximum atomic E-state index is 2.76. The zero-order valence-corrected chi connectivity index (χ0v) is 9.73. The highest BCUT2D eigenvalue weighted by Gasteiger charge is 2.50. The number of rotatable bonds is 2. The fraction of sp³-hybridized carbons (Fsp3) is 1.00. The Morgan fingerprint density at radius 1 is 0.933 bits per heavy atom. The van der Waals surface area contributed by atoms with Crippen LogP contribution in [0.15, 0.2) is 0 Å². The van der Waals surface area contributed by atoms with Crippen LogP contribution in [0, 0.1) is 29.6 Å². The van der Waals surface area contributed by atoms with Crippen LogP contribution in [0.2, 0.25) is 0 Å². The van der Waals surface area contributed by atoms with Crippen LogP contribution in [-0.4, -0.2) is 49.6 Å². The molecule has 0 aromatic carbocycles. The first-order valence-corrected chi connectivity index (χ1v) is 6.70. The van der Waals surface area contributed by atoms with Gasteiger partial charge in [-0.15, -0.1) is 0 Å². The molecule has 2 saturated carbocycles. The molecule has 5 atom stereocenters. The third-order valence-electron chi connectivity index (χ3n) is 5.22. The second-order valence-corrected chi connectivity index (χ2v) is 6.62. The number of fused-ring (bicyclic) bond motifs is 2. The SMILES string of the molecule is CN1CC2CC2C(CN2CC3CC3C2)C1. The predicted octanol–water partition coefficient (Wildman–Crippen LogP) is 1.14. The molecule has 0 aromatic rings. The summed E-state index contributed by atoms with van der Waals surface area (Å²) in [6.45, 7) is 7.03. The van der Waals surface area contributed by atoms with Crippen molar-refractivity contribution in [3.63, 3.8) is 0 Å². The normalized spacial score (nSPS) is 53.8.